The van der Waals surface area contributed by atoms with Gasteiger partial charge in [-0.3, -0.25) is 10.1 Å². The van der Waals surface area contributed by atoms with E-state index < -0.39 is 10.5 Å². The molecule has 0 aliphatic carbocycles. The normalized spacial score (nSPS) is 13.3. The molecule has 0 aromatic heterocycles. The monoisotopic (exact) mass is 277 g/mol. The van der Waals surface area contributed by atoms with Crippen molar-refractivity contribution >= 4 is 5.69 Å². The maximum atomic E-state index is 10.9. The van der Waals surface area contributed by atoms with Gasteiger partial charge in [0.15, 0.2) is 5.75 Å². The van der Waals surface area contributed by atoms with Crippen molar-refractivity contribution in [1.82, 2.24) is 0 Å². The van der Waals surface area contributed by atoms with E-state index in [0.717, 1.165) is 12.0 Å². The molecule has 6 heteroatoms. The first-order valence-electron chi connectivity index (χ1n) is 6.44. The predicted molar refractivity (Wildman–Crippen MR) is 75.4 cm³/mol. The summed E-state index contributed by atoms with van der Waals surface area (Å²) in [6.07, 6.45) is 2.00. The van der Waals surface area contributed by atoms with Gasteiger partial charge < -0.3 is 10.5 Å². The van der Waals surface area contributed by atoms with Crippen molar-refractivity contribution in [2.75, 3.05) is 6.61 Å². The molecule has 108 valence electrons. The minimum absolute atomic E-state index is 0.0225. The SMILES string of the molecule is Cc1ccc(OCCCCC(C)(N)C#N)c([N+](=O)[O-])c1. The van der Waals surface area contributed by atoms with Crippen LogP contribution >= 0.6 is 0 Å². The third kappa shape index (κ3) is 4.86. The van der Waals surface area contributed by atoms with Crippen LogP contribution in [-0.2, 0) is 0 Å². The van der Waals surface area contributed by atoms with Crippen LogP contribution in [0, 0.1) is 28.4 Å². The fraction of sp³-hybridized carbons (Fsp3) is 0.500. The molecule has 0 fully saturated rings. The quantitative estimate of drug-likeness (QED) is 0.469. The van der Waals surface area contributed by atoms with E-state index in [1.807, 2.05) is 6.07 Å². The number of aryl methyl sites for hydroxylation is 1. The lowest BCUT2D eigenvalue weighted by Crippen LogP contribution is -2.33. The highest BCUT2D eigenvalue weighted by Crippen LogP contribution is 2.27. The molecule has 0 aliphatic rings. The van der Waals surface area contributed by atoms with Gasteiger partial charge in [-0.1, -0.05) is 6.07 Å². The largest absolute Gasteiger partial charge is 0.487 e. The maximum Gasteiger partial charge on any atom is 0.311 e. The third-order valence-corrected chi connectivity index (χ3v) is 2.91. The molecular formula is C14H19N3O3. The van der Waals surface area contributed by atoms with Crippen LogP contribution in [0.25, 0.3) is 0 Å². The van der Waals surface area contributed by atoms with Gasteiger partial charge in [-0.25, -0.2) is 0 Å². The molecule has 0 spiro atoms. The van der Waals surface area contributed by atoms with E-state index in [4.69, 9.17) is 15.7 Å². The van der Waals surface area contributed by atoms with Crippen LogP contribution in [0.2, 0.25) is 0 Å². The number of nitro benzene ring substituents is 1. The topological polar surface area (TPSA) is 102 Å². The van der Waals surface area contributed by atoms with Crippen LogP contribution in [0.1, 0.15) is 31.7 Å². The number of ether oxygens (including phenoxy) is 1. The summed E-state index contributed by atoms with van der Waals surface area (Å²) in [5, 5.41) is 19.7. The van der Waals surface area contributed by atoms with Gasteiger partial charge in [0.2, 0.25) is 0 Å². The molecule has 0 saturated heterocycles. The van der Waals surface area contributed by atoms with Crippen LogP contribution in [0.4, 0.5) is 5.69 Å². The Morgan fingerprint density at radius 1 is 1.50 bits per heavy atom. The first-order valence-corrected chi connectivity index (χ1v) is 6.44. The van der Waals surface area contributed by atoms with Crippen LogP contribution in [0.3, 0.4) is 0 Å². The predicted octanol–water partition coefficient (Wildman–Crippen LogP) is 2.69. The van der Waals surface area contributed by atoms with E-state index in [1.165, 1.54) is 6.07 Å². The Balaban J connectivity index is 2.47. The maximum absolute atomic E-state index is 10.9. The van der Waals surface area contributed by atoms with Crippen LogP contribution < -0.4 is 10.5 Å². The summed E-state index contributed by atoms with van der Waals surface area (Å²) in [4.78, 5) is 10.5. The van der Waals surface area contributed by atoms with Gasteiger partial charge in [-0.05, 0) is 44.7 Å². The van der Waals surface area contributed by atoms with Crippen molar-refractivity contribution in [2.45, 2.75) is 38.6 Å². The molecule has 0 radical (unpaired) electrons. The molecule has 0 saturated carbocycles. The Morgan fingerprint density at radius 2 is 2.20 bits per heavy atom. The number of nitriles is 1. The summed E-state index contributed by atoms with van der Waals surface area (Å²) in [5.74, 6) is 0.274. The zero-order chi connectivity index (χ0) is 15.2. The molecule has 20 heavy (non-hydrogen) atoms. The second kappa shape index (κ2) is 6.87. The highest BCUT2D eigenvalue weighted by atomic mass is 16.6. The number of nitrogens with zero attached hydrogens (tertiary/aromatic N) is 2. The molecule has 2 N–H and O–H groups in total. The highest BCUT2D eigenvalue weighted by Gasteiger charge is 2.17. The van der Waals surface area contributed by atoms with Crippen molar-refractivity contribution in [3.63, 3.8) is 0 Å². The summed E-state index contributed by atoms with van der Waals surface area (Å²) in [6.45, 7) is 3.84. The molecule has 1 unspecified atom stereocenters. The van der Waals surface area contributed by atoms with E-state index in [2.05, 4.69) is 0 Å². The molecule has 0 amide bonds. The Bertz CT molecular complexity index is 521. The van der Waals surface area contributed by atoms with Gasteiger partial charge in [0.25, 0.3) is 0 Å². The highest BCUT2D eigenvalue weighted by molar-refractivity contribution is 5.48. The molecule has 6 nitrogen and oxygen atoms in total. The second-order valence-electron chi connectivity index (χ2n) is 5.06. The average molecular weight is 277 g/mol. The zero-order valence-electron chi connectivity index (χ0n) is 11.8. The Kier molecular flexibility index (Phi) is 5.47. The summed E-state index contributed by atoms with van der Waals surface area (Å²) < 4.78 is 5.44. The zero-order valence-corrected chi connectivity index (χ0v) is 11.8. The lowest BCUT2D eigenvalue weighted by molar-refractivity contribution is -0.385. The second-order valence-corrected chi connectivity index (χ2v) is 5.06. The van der Waals surface area contributed by atoms with E-state index in [0.29, 0.717) is 19.4 Å². The summed E-state index contributed by atoms with van der Waals surface area (Å²) in [7, 11) is 0. The third-order valence-electron chi connectivity index (χ3n) is 2.91. The Morgan fingerprint density at radius 3 is 2.80 bits per heavy atom. The number of hydrogen-bond acceptors (Lipinski definition) is 5. The van der Waals surface area contributed by atoms with E-state index >= 15 is 0 Å². The van der Waals surface area contributed by atoms with Gasteiger partial charge in [0.1, 0.15) is 5.54 Å². The minimum atomic E-state index is -0.824. The number of unbranched alkanes of at least 4 members (excludes halogenated alkanes) is 1. The fourth-order valence-corrected chi connectivity index (χ4v) is 1.72. The van der Waals surface area contributed by atoms with Gasteiger partial charge in [0, 0.05) is 6.07 Å². The van der Waals surface area contributed by atoms with Crippen molar-refractivity contribution in [3.8, 4) is 11.8 Å². The molecule has 0 bridgehead atoms. The van der Waals surface area contributed by atoms with E-state index in [1.54, 1.807) is 26.0 Å². The van der Waals surface area contributed by atoms with Gasteiger partial charge >= 0.3 is 5.69 Å². The first kappa shape index (κ1) is 15.9. The van der Waals surface area contributed by atoms with Crippen LogP contribution in [0.5, 0.6) is 5.75 Å². The summed E-state index contributed by atoms with van der Waals surface area (Å²) >= 11 is 0. The van der Waals surface area contributed by atoms with Crippen molar-refractivity contribution in [3.05, 3.63) is 33.9 Å². The van der Waals surface area contributed by atoms with Crippen molar-refractivity contribution in [2.24, 2.45) is 5.73 Å². The smallest absolute Gasteiger partial charge is 0.311 e. The number of nitrogens with two attached hydrogens (primary N) is 1. The number of nitro groups is 1. The number of benzene rings is 1. The Labute approximate surface area is 118 Å². The van der Waals surface area contributed by atoms with Crippen LogP contribution in [0.15, 0.2) is 18.2 Å². The molecule has 1 rings (SSSR count). The van der Waals surface area contributed by atoms with Gasteiger partial charge in [0.05, 0.1) is 17.6 Å². The molecule has 1 atom stereocenters. The van der Waals surface area contributed by atoms with Crippen molar-refractivity contribution in [1.29, 1.82) is 5.26 Å². The first-order chi connectivity index (χ1) is 9.35. The standard InChI is InChI=1S/C14H19N3O3/c1-11-5-6-13(12(9-11)17(18)19)20-8-4-3-7-14(2,16)10-15/h5-6,9H,3-4,7-8,16H2,1-2H3. The molecule has 1 aromatic rings. The average Bonchev–Trinajstić information content (AvgIpc) is 2.39. The van der Waals surface area contributed by atoms with Gasteiger partial charge in [-0.2, -0.15) is 5.26 Å². The van der Waals surface area contributed by atoms with Gasteiger partial charge in [-0.15, -0.1) is 0 Å². The molecular weight excluding hydrogens is 258 g/mol. The fourth-order valence-electron chi connectivity index (χ4n) is 1.72. The van der Waals surface area contributed by atoms with E-state index in [-0.39, 0.29) is 11.4 Å². The van der Waals surface area contributed by atoms with Crippen molar-refractivity contribution < 1.29 is 9.66 Å². The lowest BCUT2D eigenvalue weighted by atomic mass is 9.98. The number of rotatable bonds is 7. The minimum Gasteiger partial charge on any atom is -0.487 e. The van der Waals surface area contributed by atoms with E-state index in [9.17, 15) is 10.1 Å². The number of hydrogen-bond donors (Lipinski definition) is 1. The lowest BCUT2D eigenvalue weighted by Gasteiger charge is -2.14. The molecule has 0 aliphatic heterocycles. The molecule has 1 aromatic carbocycles. The summed E-state index contributed by atoms with van der Waals surface area (Å²) in [6, 6.07) is 6.90. The molecule has 0 heterocycles. The summed E-state index contributed by atoms with van der Waals surface area (Å²) in [5.41, 5.74) is 5.67. The Hall–Kier alpha value is -2.13. The van der Waals surface area contributed by atoms with Crippen LogP contribution in [-0.4, -0.2) is 17.1 Å².